The smallest absolute Gasteiger partial charge is 0.0323 e. The normalized spacial score (nSPS) is 31.7. The molecule has 0 radical (unpaired) electrons. The van der Waals surface area contributed by atoms with Crippen LogP contribution in [0.5, 0.6) is 0 Å². The van der Waals surface area contributed by atoms with Crippen LogP contribution < -0.4 is 0 Å². The van der Waals surface area contributed by atoms with Gasteiger partial charge in [-0.25, -0.2) is 0 Å². The molecule has 15 heavy (non-hydrogen) atoms. The van der Waals surface area contributed by atoms with Gasteiger partial charge in [-0.3, -0.25) is 0 Å². The number of hydrogen-bond acceptors (Lipinski definition) is 0. The lowest BCUT2D eigenvalue weighted by Crippen LogP contribution is -2.09. The van der Waals surface area contributed by atoms with E-state index in [0.717, 1.165) is 11.8 Å². The van der Waals surface area contributed by atoms with Gasteiger partial charge in [-0.2, -0.15) is 0 Å². The average molecular weight is 208 g/mol. The van der Waals surface area contributed by atoms with Crippen LogP contribution in [0.3, 0.4) is 0 Å². The molecule has 0 aromatic rings. The van der Waals surface area contributed by atoms with Crippen molar-refractivity contribution in [3.05, 3.63) is 12.2 Å². The van der Waals surface area contributed by atoms with Gasteiger partial charge in [0.25, 0.3) is 0 Å². The van der Waals surface area contributed by atoms with Gasteiger partial charge in [-0.1, -0.05) is 51.7 Å². The summed E-state index contributed by atoms with van der Waals surface area (Å²) in [5, 5.41) is 0. The van der Waals surface area contributed by atoms with E-state index in [1.165, 1.54) is 63.4 Å². The molecule has 2 aliphatic rings. The van der Waals surface area contributed by atoms with E-state index in [0.29, 0.717) is 0 Å². The van der Waals surface area contributed by atoms with Gasteiger partial charge in [0.1, 0.15) is 0 Å². The Morgan fingerprint density at radius 1 is 0.867 bits per heavy atom. The van der Waals surface area contributed by atoms with E-state index >= 15 is 0 Å². The molecule has 2 atom stereocenters. The van der Waals surface area contributed by atoms with Gasteiger partial charge in [0.05, 0.1) is 0 Å². The molecule has 0 nitrogen and oxygen atoms in total. The molecule has 0 aromatic heterocycles. The van der Waals surface area contributed by atoms with Crippen molar-refractivity contribution < 1.29 is 0 Å². The maximum Gasteiger partial charge on any atom is -0.0323 e. The molecule has 0 amide bonds. The van der Waals surface area contributed by atoms with Gasteiger partial charge in [0.15, 0.2) is 0 Å². The minimum Gasteiger partial charge on any atom is -0.0999 e. The number of hydrogen-bond donors (Lipinski definition) is 0. The number of rotatable bonds is 0. The Labute approximate surface area is 96.2 Å². The maximum absolute atomic E-state index is 3.91. The van der Waals surface area contributed by atoms with Crippen molar-refractivity contribution in [2.75, 3.05) is 0 Å². The molecule has 2 saturated carbocycles. The largest absolute Gasteiger partial charge is 0.0999 e. The summed E-state index contributed by atoms with van der Waals surface area (Å²) in [6.07, 6.45) is 12.7. The van der Waals surface area contributed by atoms with Crippen molar-refractivity contribution in [2.45, 2.75) is 71.6 Å². The van der Waals surface area contributed by atoms with E-state index in [1.54, 1.807) is 0 Å². The van der Waals surface area contributed by atoms with Crippen molar-refractivity contribution in [1.29, 1.82) is 0 Å². The highest BCUT2D eigenvalue weighted by molar-refractivity contribution is 4.95. The molecule has 0 aromatic carbocycles. The Bertz CT molecular complexity index is 164. The lowest BCUT2D eigenvalue weighted by Gasteiger charge is -2.22. The predicted molar refractivity (Wildman–Crippen MR) is 69.0 cm³/mol. The van der Waals surface area contributed by atoms with E-state index < -0.39 is 0 Å². The van der Waals surface area contributed by atoms with Crippen LogP contribution in [0.25, 0.3) is 0 Å². The molecule has 0 saturated heterocycles. The highest BCUT2D eigenvalue weighted by Gasteiger charge is 2.13. The van der Waals surface area contributed by atoms with Crippen LogP contribution in [0, 0.1) is 11.8 Å². The summed E-state index contributed by atoms with van der Waals surface area (Å²) in [5.74, 6) is 2.03. The van der Waals surface area contributed by atoms with Gasteiger partial charge in [0, 0.05) is 0 Å². The highest BCUT2D eigenvalue weighted by Crippen LogP contribution is 2.27. The van der Waals surface area contributed by atoms with Crippen molar-refractivity contribution >= 4 is 0 Å². The van der Waals surface area contributed by atoms with Gasteiger partial charge in [0.2, 0.25) is 0 Å². The topological polar surface area (TPSA) is 0 Å². The quantitative estimate of drug-likeness (QED) is 0.471. The lowest BCUT2D eigenvalue weighted by molar-refractivity contribution is 0.301. The van der Waals surface area contributed by atoms with Gasteiger partial charge < -0.3 is 0 Å². The highest BCUT2D eigenvalue weighted by atomic mass is 14.2. The Hall–Kier alpha value is -0.260. The van der Waals surface area contributed by atoms with Crippen LogP contribution in [0.15, 0.2) is 12.2 Å². The van der Waals surface area contributed by atoms with Crippen LogP contribution in [0.4, 0.5) is 0 Å². The van der Waals surface area contributed by atoms with Crippen molar-refractivity contribution in [1.82, 2.24) is 0 Å². The third kappa shape index (κ3) is 6.02. The van der Waals surface area contributed by atoms with E-state index in [-0.39, 0.29) is 0 Å². The molecule has 0 N–H and O–H groups in total. The lowest BCUT2D eigenvalue weighted by atomic mass is 9.84. The Kier molecular flexibility index (Phi) is 6.05. The van der Waals surface area contributed by atoms with Crippen molar-refractivity contribution in [3.8, 4) is 0 Å². The van der Waals surface area contributed by atoms with E-state index in [4.69, 9.17) is 0 Å². The summed E-state index contributed by atoms with van der Waals surface area (Å²) in [7, 11) is 0. The second-order valence-electron chi connectivity index (χ2n) is 5.69. The molecule has 2 rings (SSSR count). The molecular formula is C15H28. The second kappa shape index (κ2) is 7.09. The summed E-state index contributed by atoms with van der Waals surface area (Å²) in [5.41, 5.74) is 1.46. The molecule has 2 unspecified atom stereocenters. The first kappa shape index (κ1) is 12.8. The molecule has 0 bridgehead atoms. The molecule has 2 fully saturated rings. The fraction of sp³-hybridized carbons (Fsp3) is 0.867. The standard InChI is InChI=1S/C8H16.C7H12/c1-7-4-3-5-8(2)6-7;1-7-5-3-2-4-6-7/h7-8H,3-6H2,1-2H3;1-6H2. The summed E-state index contributed by atoms with van der Waals surface area (Å²) in [6, 6.07) is 0. The molecule has 0 heterocycles. The number of allylic oxidation sites excluding steroid dienone is 1. The first-order valence-electron chi connectivity index (χ1n) is 6.85. The minimum absolute atomic E-state index is 1.01. The summed E-state index contributed by atoms with van der Waals surface area (Å²) >= 11 is 0. The first-order chi connectivity index (χ1) is 7.18. The summed E-state index contributed by atoms with van der Waals surface area (Å²) < 4.78 is 0. The van der Waals surface area contributed by atoms with Crippen LogP contribution in [0.2, 0.25) is 0 Å². The average Bonchev–Trinajstić information content (AvgIpc) is 2.19. The first-order valence-corrected chi connectivity index (χ1v) is 6.85. The fourth-order valence-corrected chi connectivity index (χ4v) is 2.79. The molecular weight excluding hydrogens is 180 g/mol. The predicted octanol–water partition coefficient (Wildman–Crippen LogP) is 5.34. The van der Waals surface area contributed by atoms with Gasteiger partial charge >= 0.3 is 0 Å². The summed E-state index contributed by atoms with van der Waals surface area (Å²) in [4.78, 5) is 0. The van der Waals surface area contributed by atoms with Crippen LogP contribution in [-0.2, 0) is 0 Å². The van der Waals surface area contributed by atoms with Crippen LogP contribution in [-0.4, -0.2) is 0 Å². The molecule has 0 aliphatic heterocycles. The van der Waals surface area contributed by atoms with E-state index in [1.807, 2.05) is 0 Å². The molecule has 2 aliphatic carbocycles. The minimum atomic E-state index is 1.01. The van der Waals surface area contributed by atoms with Crippen LogP contribution in [0.1, 0.15) is 71.6 Å². The monoisotopic (exact) mass is 208 g/mol. The Balaban J connectivity index is 0.000000151. The second-order valence-corrected chi connectivity index (χ2v) is 5.69. The zero-order valence-electron chi connectivity index (χ0n) is 10.7. The van der Waals surface area contributed by atoms with Crippen molar-refractivity contribution in [2.24, 2.45) is 11.8 Å². The fourth-order valence-electron chi connectivity index (χ4n) is 2.79. The zero-order valence-corrected chi connectivity index (χ0v) is 10.7. The molecule has 88 valence electrons. The van der Waals surface area contributed by atoms with Gasteiger partial charge in [-0.05, 0) is 43.9 Å². The summed E-state index contributed by atoms with van der Waals surface area (Å²) in [6.45, 7) is 8.66. The third-order valence-corrected chi connectivity index (χ3v) is 3.76. The maximum atomic E-state index is 3.91. The third-order valence-electron chi connectivity index (χ3n) is 3.76. The van der Waals surface area contributed by atoms with Crippen molar-refractivity contribution in [3.63, 3.8) is 0 Å². The molecule has 0 spiro atoms. The zero-order chi connectivity index (χ0) is 11.1. The van der Waals surface area contributed by atoms with Crippen LogP contribution >= 0.6 is 0 Å². The Morgan fingerprint density at radius 3 is 1.67 bits per heavy atom. The SMILES string of the molecule is C=C1CCCCC1.CC1CCCC(C)C1. The molecule has 0 heteroatoms. The van der Waals surface area contributed by atoms with E-state index in [2.05, 4.69) is 20.4 Å². The van der Waals surface area contributed by atoms with Gasteiger partial charge in [-0.15, -0.1) is 0 Å². The van der Waals surface area contributed by atoms with E-state index in [9.17, 15) is 0 Å². The Morgan fingerprint density at radius 2 is 1.40 bits per heavy atom.